The molecule has 112 valence electrons. The summed E-state index contributed by atoms with van der Waals surface area (Å²) in [6, 6.07) is 4.55. The van der Waals surface area contributed by atoms with Crippen molar-refractivity contribution in [1.82, 2.24) is 10.2 Å². The smallest absolute Gasteiger partial charge is 0.255 e. The Bertz CT molecular complexity index is 571. The zero-order valence-corrected chi connectivity index (χ0v) is 11.8. The summed E-state index contributed by atoms with van der Waals surface area (Å²) in [7, 11) is 1.51. The fourth-order valence-corrected chi connectivity index (χ4v) is 2.54. The number of fused-ring (bicyclic) bond motifs is 1. The van der Waals surface area contributed by atoms with Crippen molar-refractivity contribution in [3.63, 3.8) is 0 Å². The van der Waals surface area contributed by atoms with E-state index in [1.54, 1.807) is 18.2 Å². The topological polar surface area (TPSA) is 86.7 Å². The molecule has 0 saturated carbocycles. The van der Waals surface area contributed by atoms with Crippen LogP contribution in [0.5, 0.6) is 0 Å². The SMILES string of the molecule is CNC(=O)C(CCC=O)N1Cc2ccc(CO)cc2C1=O. The highest BCUT2D eigenvalue weighted by atomic mass is 16.3. The normalized spacial score (nSPS) is 14.8. The summed E-state index contributed by atoms with van der Waals surface area (Å²) in [6.07, 6.45) is 1.27. The summed E-state index contributed by atoms with van der Waals surface area (Å²) in [5, 5.41) is 11.7. The number of aldehydes is 1. The number of carbonyl (C=O) groups excluding carboxylic acids is 3. The molecule has 21 heavy (non-hydrogen) atoms. The van der Waals surface area contributed by atoms with Crippen molar-refractivity contribution in [2.45, 2.75) is 32.0 Å². The van der Waals surface area contributed by atoms with Gasteiger partial charge in [-0.2, -0.15) is 0 Å². The van der Waals surface area contributed by atoms with E-state index < -0.39 is 6.04 Å². The highest BCUT2D eigenvalue weighted by Crippen LogP contribution is 2.27. The van der Waals surface area contributed by atoms with Crippen molar-refractivity contribution in [2.75, 3.05) is 7.05 Å². The third kappa shape index (κ3) is 2.95. The number of aliphatic hydroxyl groups excluding tert-OH is 1. The first kappa shape index (κ1) is 15.2. The van der Waals surface area contributed by atoms with Gasteiger partial charge in [-0.1, -0.05) is 12.1 Å². The van der Waals surface area contributed by atoms with Crippen LogP contribution >= 0.6 is 0 Å². The van der Waals surface area contributed by atoms with Gasteiger partial charge in [0.05, 0.1) is 6.61 Å². The maximum absolute atomic E-state index is 12.5. The van der Waals surface area contributed by atoms with Crippen LogP contribution < -0.4 is 5.32 Å². The van der Waals surface area contributed by atoms with Gasteiger partial charge in [0.15, 0.2) is 0 Å². The van der Waals surface area contributed by atoms with E-state index in [1.807, 2.05) is 0 Å². The van der Waals surface area contributed by atoms with Gasteiger partial charge in [-0.3, -0.25) is 9.59 Å². The number of likely N-dealkylation sites (N-methyl/N-ethyl adjacent to an activating group) is 1. The van der Waals surface area contributed by atoms with Gasteiger partial charge in [0.25, 0.3) is 5.91 Å². The van der Waals surface area contributed by atoms with Crippen LogP contribution in [0.15, 0.2) is 18.2 Å². The molecule has 2 N–H and O–H groups in total. The van der Waals surface area contributed by atoms with E-state index in [1.165, 1.54) is 11.9 Å². The van der Waals surface area contributed by atoms with Crippen LogP contribution in [-0.2, 0) is 22.7 Å². The van der Waals surface area contributed by atoms with Crippen LogP contribution in [0.3, 0.4) is 0 Å². The number of amides is 2. The van der Waals surface area contributed by atoms with Crippen molar-refractivity contribution in [3.05, 3.63) is 34.9 Å². The molecule has 2 amide bonds. The first-order valence-electron chi connectivity index (χ1n) is 6.81. The van der Waals surface area contributed by atoms with E-state index in [2.05, 4.69) is 5.32 Å². The minimum Gasteiger partial charge on any atom is -0.392 e. The van der Waals surface area contributed by atoms with Crippen LogP contribution in [0.1, 0.15) is 34.3 Å². The molecule has 1 aromatic rings. The second-order valence-electron chi connectivity index (χ2n) is 4.96. The van der Waals surface area contributed by atoms with Gasteiger partial charge in [-0.25, -0.2) is 0 Å². The maximum atomic E-state index is 12.5. The van der Waals surface area contributed by atoms with Crippen molar-refractivity contribution in [3.8, 4) is 0 Å². The molecule has 0 radical (unpaired) electrons. The van der Waals surface area contributed by atoms with Gasteiger partial charge in [-0.15, -0.1) is 0 Å². The minimum atomic E-state index is -0.655. The highest BCUT2D eigenvalue weighted by Gasteiger charge is 2.35. The summed E-state index contributed by atoms with van der Waals surface area (Å²) < 4.78 is 0. The number of nitrogens with one attached hydrogen (secondary N) is 1. The van der Waals surface area contributed by atoms with Crippen molar-refractivity contribution < 1.29 is 19.5 Å². The zero-order valence-electron chi connectivity index (χ0n) is 11.8. The first-order valence-corrected chi connectivity index (χ1v) is 6.81. The molecule has 1 atom stereocenters. The Kier molecular flexibility index (Phi) is 4.70. The molecule has 0 saturated heterocycles. The van der Waals surface area contributed by atoms with Gasteiger partial charge >= 0.3 is 0 Å². The van der Waals surface area contributed by atoms with E-state index >= 15 is 0 Å². The van der Waals surface area contributed by atoms with Crippen molar-refractivity contribution >= 4 is 18.1 Å². The molecular weight excluding hydrogens is 272 g/mol. The lowest BCUT2D eigenvalue weighted by atomic mass is 10.1. The Morgan fingerprint density at radius 2 is 2.29 bits per heavy atom. The second-order valence-corrected chi connectivity index (χ2v) is 4.96. The molecule has 1 unspecified atom stereocenters. The summed E-state index contributed by atoms with van der Waals surface area (Å²) in [4.78, 5) is 36.5. The number of hydrogen-bond donors (Lipinski definition) is 2. The van der Waals surface area contributed by atoms with Crippen LogP contribution in [0.25, 0.3) is 0 Å². The quantitative estimate of drug-likeness (QED) is 0.734. The number of benzene rings is 1. The summed E-state index contributed by atoms with van der Waals surface area (Å²) in [5.41, 5.74) is 2.01. The third-order valence-corrected chi connectivity index (χ3v) is 3.67. The van der Waals surface area contributed by atoms with Crippen molar-refractivity contribution in [2.24, 2.45) is 0 Å². The number of hydrogen-bond acceptors (Lipinski definition) is 4. The summed E-state index contributed by atoms with van der Waals surface area (Å²) >= 11 is 0. The molecule has 0 bridgehead atoms. The Balaban J connectivity index is 2.26. The van der Waals surface area contributed by atoms with Crippen LogP contribution in [0.4, 0.5) is 0 Å². The van der Waals surface area contributed by atoms with E-state index in [9.17, 15) is 14.4 Å². The van der Waals surface area contributed by atoms with Crippen LogP contribution in [-0.4, -0.2) is 41.2 Å². The fraction of sp³-hybridized carbons (Fsp3) is 0.400. The predicted molar refractivity (Wildman–Crippen MR) is 75.4 cm³/mol. The summed E-state index contributed by atoms with van der Waals surface area (Å²) in [5.74, 6) is -0.514. The van der Waals surface area contributed by atoms with Crippen molar-refractivity contribution in [1.29, 1.82) is 0 Å². The number of nitrogens with zero attached hydrogens (tertiary/aromatic N) is 1. The molecule has 1 heterocycles. The highest BCUT2D eigenvalue weighted by molar-refractivity contribution is 6.01. The number of rotatable bonds is 6. The van der Waals surface area contributed by atoms with Gasteiger partial charge in [-0.05, 0) is 23.6 Å². The lowest BCUT2D eigenvalue weighted by Crippen LogP contribution is -2.46. The van der Waals surface area contributed by atoms with E-state index in [0.29, 0.717) is 24.1 Å². The Morgan fingerprint density at radius 3 is 2.90 bits per heavy atom. The molecule has 6 heteroatoms. The largest absolute Gasteiger partial charge is 0.392 e. The Hall–Kier alpha value is -2.21. The standard InChI is InChI=1S/C15H18N2O4/c1-16-14(20)13(3-2-6-18)17-8-11-5-4-10(9-19)7-12(11)15(17)21/h4-7,13,19H,2-3,8-9H2,1H3,(H,16,20). The molecule has 0 fully saturated rings. The lowest BCUT2D eigenvalue weighted by Gasteiger charge is -2.25. The molecular formula is C15H18N2O4. The molecule has 1 aliphatic rings. The lowest BCUT2D eigenvalue weighted by molar-refractivity contribution is -0.125. The Morgan fingerprint density at radius 1 is 1.52 bits per heavy atom. The zero-order chi connectivity index (χ0) is 15.4. The molecule has 1 aromatic carbocycles. The average molecular weight is 290 g/mol. The maximum Gasteiger partial charge on any atom is 0.255 e. The number of aliphatic hydroxyl groups is 1. The molecule has 6 nitrogen and oxygen atoms in total. The van der Waals surface area contributed by atoms with E-state index in [0.717, 1.165) is 11.8 Å². The van der Waals surface area contributed by atoms with Crippen LogP contribution in [0.2, 0.25) is 0 Å². The summed E-state index contributed by atoms with van der Waals surface area (Å²) in [6.45, 7) is 0.210. The second kappa shape index (κ2) is 6.49. The average Bonchev–Trinajstić information content (AvgIpc) is 2.84. The van der Waals surface area contributed by atoms with Gasteiger partial charge < -0.3 is 20.1 Å². The van der Waals surface area contributed by atoms with Gasteiger partial charge in [0.2, 0.25) is 5.91 Å². The third-order valence-electron chi connectivity index (χ3n) is 3.67. The fourth-order valence-electron chi connectivity index (χ4n) is 2.54. The monoisotopic (exact) mass is 290 g/mol. The molecule has 0 spiro atoms. The number of carbonyl (C=O) groups is 3. The molecule has 2 rings (SSSR count). The van der Waals surface area contributed by atoms with E-state index in [4.69, 9.17) is 5.11 Å². The molecule has 0 aliphatic carbocycles. The van der Waals surface area contributed by atoms with Gasteiger partial charge in [0.1, 0.15) is 12.3 Å². The molecule has 1 aliphatic heterocycles. The van der Waals surface area contributed by atoms with Gasteiger partial charge in [0, 0.05) is 25.6 Å². The molecule has 0 aromatic heterocycles. The van der Waals surface area contributed by atoms with E-state index in [-0.39, 0.29) is 24.8 Å². The first-order chi connectivity index (χ1) is 10.1. The Labute approximate surface area is 122 Å². The minimum absolute atomic E-state index is 0.134. The predicted octanol–water partition coefficient (Wildman–Crippen LogP) is 0.228. The van der Waals surface area contributed by atoms with Crippen LogP contribution in [0, 0.1) is 0 Å².